The number of rotatable bonds is 6. The second kappa shape index (κ2) is 8.66. The molecule has 1 aliphatic carbocycles. The maximum absolute atomic E-state index is 12.8. The van der Waals surface area contributed by atoms with Crippen molar-refractivity contribution < 1.29 is 18.1 Å². The summed E-state index contributed by atoms with van der Waals surface area (Å²) in [6, 6.07) is 10.7. The van der Waals surface area contributed by atoms with Gasteiger partial charge in [0.2, 0.25) is 0 Å². The molecule has 2 aromatic carbocycles. The molecule has 0 aromatic heterocycles. The van der Waals surface area contributed by atoms with Crippen molar-refractivity contribution in [3.05, 3.63) is 58.1 Å². The topological polar surface area (TPSA) is 110 Å². The van der Waals surface area contributed by atoms with Crippen molar-refractivity contribution in [3.8, 4) is 0 Å². The number of nitro groups is 1. The highest BCUT2D eigenvalue weighted by Gasteiger charge is 2.30. The van der Waals surface area contributed by atoms with Gasteiger partial charge in [0.05, 0.1) is 15.1 Å². The molecule has 1 amide bonds. The van der Waals surface area contributed by atoms with Gasteiger partial charge in [-0.1, -0.05) is 18.9 Å². The van der Waals surface area contributed by atoms with Crippen molar-refractivity contribution in [3.63, 3.8) is 0 Å². The second-order valence-corrected chi connectivity index (χ2v) is 10.3. The zero-order valence-electron chi connectivity index (χ0n) is 17.1. The number of nitrogens with one attached hydrogen (secondary N) is 1. The Labute approximate surface area is 181 Å². The van der Waals surface area contributed by atoms with E-state index < -0.39 is 20.7 Å². The van der Waals surface area contributed by atoms with E-state index >= 15 is 0 Å². The van der Waals surface area contributed by atoms with E-state index in [1.807, 2.05) is 4.90 Å². The van der Waals surface area contributed by atoms with Gasteiger partial charge < -0.3 is 10.2 Å². The summed E-state index contributed by atoms with van der Waals surface area (Å²) >= 11 is 0. The lowest BCUT2D eigenvalue weighted by molar-refractivity contribution is -0.384. The summed E-state index contributed by atoms with van der Waals surface area (Å²) in [7, 11) is -3.44. The number of hydrogen-bond donors (Lipinski definition) is 1. The number of nitrogens with zero attached hydrogens (tertiary/aromatic N) is 2. The number of anilines is 2. The van der Waals surface area contributed by atoms with Crippen LogP contribution in [0.3, 0.4) is 0 Å². The summed E-state index contributed by atoms with van der Waals surface area (Å²) in [5.74, 6) is -0.522. The van der Waals surface area contributed by atoms with Crippen molar-refractivity contribution in [2.24, 2.45) is 0 Å². The van der Waals surface area contributed by atoms with Crippen LogP contribution >= 0.6 is 0 Å². The van der Waals surface area contributed by atoms with Gasteiger partial charge in [-0.3, -0.25) is 14.9 Å². The third-order valence-electron chi connectivity index (χ3n) is 6.04. The number of amides is 1. The predicted octanol–water partition coefficient (Wildman–Crippen LogP) is 4.16. The van der Waals surface area contributed by atoms with Crippen molar-refractivity contribution in [1.82, 2.24) is 0 Å². The Bertz CT molecular complexity index is 1100. The molecule has 31 heavy (non-hydrogen) atoms. The van der Waals surface area contributed by atoms with Crippen LogP contribution in [0.2, 0.25) is 0 Å². The molecule has 0 atom stereocenters. The Balaban J connectivity index is 1.56. The van der Waals surface area contributed by atoms with Crippen LogP contribution in [0, 0.1) is 10.1 Å². The molecule has 9 heteroatoms. The molecule has 2 aromatic rings. The molecule has 0 unspecified atom stereocenters. The molecule has 2 aliphatic rings. The molecule has 1 saturated carbocycles. The largest absolute Gasteiger partial charge is 0.366 e. The lowest BCUT2D eigenvalue weighted by Gasteiger charge is -2.18. The van der Waals surface area contributed by atoms with E-state index in [4.69, 9.17) is 0 Å². The first-order valence-electron chi connectivity index (χ1n) is 10.5. The third-order valence-corrected chi connectivity index (χ3v) is 8.30. The molecule has 1 aliphatic heterocycles. The lowest BCUT2D eigenvalue weighted by Crippen LogP contribution is -2.20. The van der Waals surface area contributed by atoms with Gasteiger partial charge in [-0.25, -0.2) is 8.42 Å². The van der Waals surface area contributed by atoms with Gasteiger partial charge in [-0.05, 0) is 56.0 Å². The smallest absolute Gasteiger partial charge is 0.293 e. The molecule has 4 rings (SSSR count). The van der Waals surface area contributed by atoms with E-state index in [0.29, 0.717) is 24.2 Å². The Kier molecular flexibility index (Phi) is 5.95. The van der Waals surface area contributed by atoms with Crippen LogP contribution < -0.4 is 10.2 Å². The van der Waals surface area contributed by atoms with Gasteiger partial charge in [-0.2, -0.15) is 0 Å². The van der Waals surface area contributed by atoms with E-state index in [9.17, 15) is 23.3 Å². The van der Waals surface area contributed by atoms with Crippen LogP contribution in [0.1, 0.15) is 48.9 Å². The summed E-state index contributed by atoms with van der Waals surface area (Å²) in [5, 5.41) is 13.9. The fourth-order valence-electron chi connectivity index (χ4n) is 4.38. The van der Waals surface area contributed by atoms with E-state index in [-0.39, 0.29) is 21.4 Å². The Morgan fingerprint density at radius 2 is 1.74 bits per heavy atom. The number of hydrogen-bond acceptors (Lipinski definition) is 6. The fraction of sp³-hybridized carbons (Fsp3) is 0.409. The molecular formula is C22H25N3O5S. The first kappa shape index (κ1) is 21.3. The van der Waals surface area contributed by atoms with Crippen LogP contribution in [0.25, 0.3) is 0 Å². The molecule has 1 N–H and O–H groups in total. The Morgan fingerprint density at radius 1 is 1.03 bits per heavy atom. The second-order valence-electron chi connectivity index (χ2n) is 8.09. The highest BCUT2D eigenvalue weighted by Crippen LogP contribution is 2.33. The van der Waals surface area contributed by atoms with Crippen molar-refractivity contribution in [2.75, 3.05) is 23.3 Å². The fourth-order valence-corrected chi connectivity index (χ4v) is 6.28. The van der Waals surface area contributed by atoms with Gasteiger partial charge in [0.1, 0.15) is 5.69 Å². The number of nitro benzene ring substituents is 1. The van der Waals surface area contributed by atoms with E-state index in [1.165, 1.54) is 12.1 Å². The maximum atomic E-state index is 12.8. The molecule has 0 bridgehead atoms. The SMILES string of the molecule is O=C(Nc1cccc(S(=O)(=O)C2CCCC2)c1)c1ccc(N2CCCC2)c([N+](=O)[O-])c1. The number of sulfone groups is 1. The highest BCUT2D eigenvalue weighted by molar-refractivity contribution is 7.92. The first-order chi connectivity index (χ1) is 14.9. The summed E-state index contributed by atoms with van der Waals surface area (Å²) in [4.78, 5) is 26.0. The third kappa shape index (κ3) is 4.41. The highest BCUT2D eigenvalue weighted by atomic mass is 32.2. The molecule has 164 valence electrons. The lowest BCUT2D eigenvalue weighted by atomic mass is 10.1. The number of carbonyl (C=O) groups excluding carboxylic acids is 1. The average Bonchev–Trinajstić information content (AvgIpc) is 3.48. The summed E-state index contributed by atoms with van der Waals surface area (Å²) < 4.78 is 25.7. The predicted molar refractivity (Wildman–Crippen MR) is 118 cm³/mol. The van der Waals surface area contributed by atoms with E-state index in [1.54, 1.807) is 30.3 Å². The minimum Gasteiger partial charge on any atom is -0.366 e. The summed E-state index contributed by atoms with van der Waals surface area (Å²) in [5.41, 5.74) is 0.907. The molecule has 8 nitrogen and oxygen atoms in total. The minimum atomic E-state index is -3.44. The van der Waals surface area contributed by atoms with Crippen LogP contribution in [0.4, 0.5) is 17.1 Å². The normalized spacial score (nSPS) is 17.1. The monoisotopic (exact) mass is 443 g/mol. The maximum Gasteiger partial charge on any atom is 0.293 e. The van der Waals surface area contributed by atoms with Gasteiger partial charge >= 0.3 is 0 Å². The molecule has 1 saturated heterocycles. The van der Waals surface area contributed by atoms with E-state index in [2.05, 4.69) is 5.32 Å². The Morgan fingerprint density at radius 3 is 2.42 bits per heavy atom. The van der Waals surface area contributed by atoms with Gasteiger partial charge in [0, 0.05) is 30.4 Å². The zero-order valence-corrected chi connectivity index (χ0v) is 17.9. The molecule has 0 spiro atoms. The Hall–Kier alpha value is -2.94. The van der Waals surface area contributed by atoms with Crippen molar-refractivity contribution in [2.45, 2.75) is 48.7 Å². The van der Waals surface area contributed by atoms with E-state index in [0.717, 1.165) is 38.8 Å². The van der Waals surface area contributed by atoms with Crippen LogP contribution in [0.15, 0.2) is 47.4 Å². The van der Waals surface area contributed by atoms with Gasteiger partial charge in [-0.15, -0.1) is 0 Å². The van der Waals surface area contributed by atoms with Crippen LogP contribution in [0.5, 0.6) is 0 Å². The summed E-state index contributed by atoms with van der Waals surface area (Å²) in [6.07, 6.45) is 5.11. The van der Waals surface area contributed by atoms with Crippen LogP contribution in [-0.4, -0.2) is 37.6 Å². The standard InChI is InChI=1S/C22H25N3O5S/c26-22(16-10-11-20(21(14-16)25(27)28)24-12-3-4-13-24)23-17-6-5-9-19(15-17)31(29,30)18-7-1-2-8-18/h5-6,9-11,14-15,18H,1-4,7-8,12-13H2,(H,23,26). The van der Waals surface area contributed by atoms with Crippen molar-refractivity contribution in [1.29, 1.82) is 0 Å². The first-order valence-corrected chi connectivity index (χ1v) is 12.1. The molecular weight excluding hydrogens is 418 g/mol. The van der Waals surface area contributed by atoms with Crippen molar-refractivity contribution >= 4 is 32.8 Å². The zero-order chi connectivity index (χ0) is 22.0. The van der Waals surface area contributed by atoms with Gasteiger partial charge in [0.15, 0.2) is 9.84 Å². The van der Waals surface area contributed by atoms with Gasteiger partial charge in [0.25, 0.3) is 11.6 Å². The molecule has 0 radical (unpaired) electrons. The average molecular weight is 444 g/mol. The minimum absolute atomic E-state index is 0.105. The number of carbonyl (C=O) groups is 1. The number of benzene rings is 2. The molecule has 2 fully saturated rings. The summed E-state index contributed by atoms with van der Waals surface area (Å²) in [6.45, 7) is 1.52. The quantitative estimate of drug-likeness (QED) is 0.530. The van der Waals surface area contributed by atoms with Crippen LogP contribution in [-0.2, 0) is 9.84 Å². The molecule has 1 heterocycles.